The highest BCUT2D eigenvalue weighted by Crippen LogP contribution is 2.44. The Balaban J connectivity index is 1.44. The Hall–Kier alpha value is -2.51. The van der Waals surface area contributed by atoms with Crippen molar-refractivity contribution in [3.8, 4) is 6.07 Å². The van der Waals surface area contributed by atoms with E-state index < -0.39 is 0 Å². The van der Waals surface area contributed by atoms with Crippen LogP contribution in [-0.4, -0.2) is 32.5 Å². The van der Waals surface area contributed by atoms with Crippen molar-refractivity contribution in [2.24, 2.45) is 5.41 Å². The van der Waals surface area contributed by atoms with Crippen LogP contribution in [0.4, 0.5) is 11.4 Å². The summed E-state index contributed by atoms with van der Waals surface area (Å²) in [5.74, 6) is 0. The van der Waals surface area contributed by atoms with Gasteiger partial charge in [-0.2, -0.15) is 5.26 Å². The van der Waals surface area contributed by atoms with Crippen LogP contribution in [0.25, 0.3) is 0 Å². The fourth-order valence-electron chi connectivity index (χ4n) is 4.66. The molecule has 1 spiro atoms. The maximum absolute atomic E-state index is 10.8. The zero-order valence-electron chi connectivity index (χ0n) is 16.1. The van der Waals surface area contributed by atoms with E-state index in [-0.39, 0.29) is 0 Å². The molecule has 0 aromatic heterocycles. The first-order valence-corrected chi connectivity index (χ1v) is 10.2. The summed E-state index contributed by atoms with van der Waals surface area (Å²) in [5, 5.41) is 9.75. The number of piperidine rings is 1. The van der Waals surface area contributed by atoms with Gasteiger partial charge in [0.1, 0.15) is 12.4 Å². The van der Waals surface area contributed by atoms with Gasteiger partial charge in [-0.3, -0.25) is 4.79 Å². The van der Waals surface area contributed by atoms with Crippen LogP contribution in [0.1, 0.15) is 40.7 Å². The molecule has 2 aliphatic heterocycles. The van der Waals surface area contributed by atoms with Gasteiger partial charge in [-0.05, 0) is 73.6 Å². The summed E-state index contributed by atoms with van der Waals surface area (Å²) in [4.78, 5) is 15.7. The van der Waals surface area contributed by atoms with Gasteiger partial charge in [0.25, 0.3) is 0 Å². The number of hydrogen-bond acceptors (Lipinski definition) is 4. The van der Waals surface area contributed by atoms with E-state index in [1.165, 1.54) is 24.9 Å². The van der Waals surface area contributed by atoms with Gasteiger partial charge in [0, 0.05) is 43.1 Å². The van der Waals surface area contributed by atoms with E-state index in [2.05, 4.69) is 15.9 Å². The van der Waals surface area contributed by atoms with Crippen LogP contribution < -0.4 is 9.80 Å². The molecule has 0 atom stereocenters. The lowest BCUT2D eigenvalue weighted by molar-refractivity contribution is 0.112. The molecule has 2 fully saturated rings. The lowest BCUT2D eigenvalue weighted by atomic mass is 9.77. The number of carbonyl (C=O) groups is 1. The van der Waals surface area contributed by atoms with Gasteiger partial charge in [0.2, 0.25) is 0 Å². The largest absolute Gasteiger partial charge is 0.371 e. The molecule has 2 aromatic carbocycles. The van der Waals surface area contributed by atoms with Crippen molar-refractivity contribution in [3.63, 3.8) is 0 Å². The van der Waals surface area contributed by atoms with Crippen molar-refractivity contribution in [3.05, 3.63) is 58.1 Å². The molecule has 0 bridgehead atoms. The number of hydrogen-bond donors (Lipinski definition) is 0. The van der Waals surface area contributed by atoms with Crippen molar-refractivity contribution < 1.29 is 4.79 Å². The molecular weight excluding hydrogens is 370 g/mol. The molecule has 144 valence electrons. The third kappa shape index (κ3) is 3.36. The second-order valence-corrected chi connectivity index (χ2v) is 8.43. The third-order valence-electron chi connectivity index (χ3n) is 6.48. The van der Waals surface area contributed by atoms with Gasteiger partial charge >= 0.3 is 0 Å². The van der Waals surface area contributed by atoms with Crippen LogP contribution in [0.5, 0.6) is 0 Å². The molecule has 0 unspecified atom stereocenters. The first kappa shape index (κ1) is 18.8. The molecule has 2 heterocycles. The molecule has 0 aliphatic carbocycles. The molecular formula is C23H24ClN3O. The number of rotatable bonds is 3. The quantitative estimate of drug-likeness (QED) is 0.701. The van der Waals surface area contributed by atoms with Gasteiger partial charge in [0.05, 0.1) is 10.6 Å². The minimum atomic E-state index is 0.353. The second-order valence-electron chi connectivity index (χ2n) is 8.05. The van der Waals surface area contributed by atoms with Gasteiger partial charge in [-0.1, -0.05) is 11.6 Å². The topological polar surface area (TPSA) is 47.3 Å². The zero-order chi connectivity index (χ0) is 19.7. The Morgan fingerprint density at radius 1 is 1.04 bits per heavy atom. The predicted molar refractivity (Wildman–Crippen MR) is 113 cm³/mol. The molecule has 2 aromatic rings. The molecule has 0 amide bonds. The Bertz CT molecular complexity index is 924. The van der Waals surface area contributed by atoms with Crippen LogP contribution in [0.3, 0.4) is 0 Å². The average molecular weight is 394 g/mol. The van der Waals surface area contributed by atoms with Crippen LogP contribution in [0, 0.1) is 23.7 Å². The fourth-order valence-corrected chi connectivity index (χ4v) is 4.86. The van der Waals surface area contributed by atoms with E-state index in [0.717, 1.165) is 49.3 Å². The van der Waals surface area contributed by atoms with E-state index in [0.29, 0.717) is 16.0 Å². The third-order valence-corrected chi connectivity index (χ3v) is 6.96. The first-order valence-electron chi connectivity index (χ1n) is 9.80. The Morgan fingerprint density at radius 2 is 1.68 bits per heavy atom. The summed E-state index contributed by atoms with van der Waals surface area (Å²) in [6.07, 6.45) is 4.42. The molecule has 2 saturated heterocycles. The van der Waals surface area contributed by atoms with E-state index in [1.54, 1.807) is 0 Å². The number of aldehydes is 1. The SMILES string of the molecule is Cc1c(N2CCC3(CCN(c4ccc(C=O)cc4)CC3)C2)ccc(C#N)c1Cl. The zero-order valence-corrected chi connectivity index (χ0v) is 16.9. The van der Waals surface area contributed by atoms with Crippen molar-refractivity contribution in [2.75, 3.05) is 36.0 Å². The maximum Gasteiger partial charge on any atom is 0.150 e. The van der Waals surface area contributed by atoms with Crippen molar-refractivity contribution in [1.82, 2.24) is 0 Å². The molecule has 0 radical (unpaired) electrons. The second kappa shape index (κ2) is 7.48. The normalized spacial score (nSPS) is 18.3. The summed E-state index contributed by atoms with van der Waals surface area (Å²) < 4.78 is 0. The Kier molecular flexibility index (Phi) is 5.03. The minimum absolute atomic E-state index is 0.353. The van der Waals surface area contributed by atoms with Crippen LogP contribution in [0.2, 0.25) is 5.02 Å². The number of benzene rings is 2. The van der Waals surface area contributed by atoms with Crippen molar-refractivity contribution in [2.45, 2.75) is 26.2 Å². The molecule has 4 nitrogen and oxygen atoms in total. The highest BCUT2D eigenvalue weighted by Gasteiger charge is 2.41. The fraction of sp³-hybridized carbons (Fsp3) is 0.391. The first-order chi connectivity index (χ1) is 13.5. The Morgan fingerprint density at radius 3 is 2.29 bits per heavy atom. The van der Waals surface area contributed by atoms with E-state index >= 15 is 0 Å². The number of nitrogens with zero attached hydrogens (tertiary/aromatic N) is 3. The summed E-state index contributed by atoms with van der Waals surface area (Å²) in [5.41, 5.74) is 4.99. The lowest BCUT2D eigenvalue weighted by Crippen LogP contribution is -2.41. The highest BCUT2D eigenvalue weighted by atomic mass is 35.5. The van der Waals surface area contributed by atoms with Gasteiger partial charge in [-0.25, -0.2) is 0 Å². The van der Waals surface area contributed by atoms with E-state index in [4.69, 9.17) is 11.6 Å². The standard InChI is InChI=1S/C23H24ClN3O/c1-17-21(7-4-19(14-25)22(17)24)27-13-10-23(16-27)8-11-26(12-9-23)20-5-2-18(15-28)3-6-20/h2-7,15H,8-13,16H2,1H3. The molecule has 4 rings (SSSR count). The number of carbonyl (C=O) groups excluding carboxylic acids is 1. The Labute approximate surface area is 171 Å². The predicted octanol–water partition coefficient (Wildman–Crippen LogP) is 4.83. The molecule has 0 saturated carbocycles. The van der Waals surface area contributed by atoms with Gasteiger partial charge < -0.3 is 9.80 Å². The van der Waals surface area contributed by atoms with Crippen molar-refractivity contribution >= 4 is 29.3 Å². The summed E-state index contributed by atoms with van der Waals surface area (Å²) >= 11 is 6.39. The lowest BCUT2D eigenvalue weighted by Gasteiger charge is -2.40. The monoisotopic (exact) mass is 393 g/mol. The van der Waals surface area contributed by atoms with Crippen LogP contribution in [-0.2, 0) is 0 Å². The molecule has 5 heteroatoms. The van der Waals surface area contributed by atoms with Gasteiger partial charge in [0.15, 0.2) is 0 Å². The summed E-state index contributed by atoms with van der Waals surface area (Å²) in [6, 6.07) is 13.9. The van der Waals surface area contributed by atoms with E-state index in [1.807, 2.05) is 43.3 Å². The number of anilines is 2. The van der Waals surface area contributed by atoms with Crippen LogP contribution in [0.15, 0.2) is 36.4 Å². The highest BCUT2D eigenvalue weighted by molar-refractivity contribution is 6.32. The molecule has 28 heavy (non-hydrogen) atoms. The van der Waals surface area contributed by atoms with Crippen LogP contribution >= 0.6 is 11.6 Å². The maximum atomic E-state index is 10.8. The summed E-state index contributed by atoms with van der Waals surface area (Å²) in [6.45, 7) is 6.18. The number of halogens is 1. The molecule has 0 N–H and O–H groups in total. The minimum Gasteiger partial charge on any atom is -0.371 e. The van der Waals surface area contributed by atoms with Gasteiger partial charge in [-0.15, -0.1) is 0 Å². The van der Waals surface area contributed by atoms with Crippen molar-refractivity contribution in [1.29, 1.82) is 5.26 Å². The summed E-state index contributed by atoms with van der Waals surface area (Å²) in [7, 11) is 0. The molecule has 2 aliphatic rings. The number of nitriles is 1. The van der Waals surface area contributed by atoms with E-state index in [9.17, 15) is 10.1 Å². The average Bonchev–Trinajstić information content (AvgIpc) is 3.14. The smallest absolute Gasteiger partial charge is 0.150 e.